The first-order chi connectivity index (χ1) is 10.3. The normalized spacial score (nSPS) is 14.1. The highest BCUT2D eigenvalue weighted by Gasteiger charge is 2.11. The number of benzene rings is 1. The Morgan fingerprint density at radius 3 is 2.95 bits per heavy atom. The van der Waals surface area contributed by atoms with Gasteiger partial charge in [0.25, 0.3) is 0 Å². The van der Waals surface area contributed by atoms with Gasteiger partial charge < -0.3 is 10.3 Å². The lowest BCUT2D eigenvalue weighted by atomic mass is 9.95. The highest BCUT2D eigenvalue weighted by atomic mass is 16.1. The number of rotatable bonds is 1. The maximum atomic E-state index is 11.4. The van der Waals surface area contributed by atoms with Gasteiger partial charge in [-0.1, -0.05) is 12.1 Å². The van der Waals surface area contributed by atoms with Crippen molar-refractivity contribution in [3.8, 4) is 11.1 Å². The van der Waals surface area contributed by atoms with E-state index in [1.165, 1.54) is 11.1 Å². The molecule has 1 aliphatic rings. The van der Waals surface area contributed by atoms with E-state index in [9.17, 15) is 4.79 Å². The summed E-state index contributed by atoms with van der Waals surface area (Å²) >= 11 is 0. The first-order valence-electron chi connectivity index (χ1n) is 7.12. The van der Waals surface area contributed by atoms with Crippen LogP contribution in [0, 0.1) is 0 Å². The van der Waals surface area contributed by atoms with Crippen molar-refractivity contribution >= 4 is 11.0 Å². The third-order valence-corrected chi connectivity index (χ3v) is 4.04. The van der Waals surface area contributed by atoms with Crippen LogP contribution in [0.4, 0.5) is 0 Å². The summed E-state index contributed by atoms with van der Waals surface area (Å²) in [7, 11) is 0. The van der Waals surface area contributed by atoms with Crippen molar-refractivity contribution in [2.75, 3.05) is 6.54 Å². The fourth-order valence-corrected chi connectivity index (χ4v) is 2.96. The second-order valence-electron chi connectivity index (χ2n) is 5.35. The second-order valence-corrected chi connectivity index (χ2v) is 5.35. The number of H-pyrrole nitrogens is 1. The van der Waals surface area contributed by atoms with Gasteiger partial charge in [-0.3, -0.25) is 4.79 Å². The molecule has 3 heterocycles. The summed E-state index contributed by atoms with van der Waals surface area (Å²) in [5, 5.41) is 4.38. The highest BCUT2D eigenvalue weighted by Crippen LogP contribution is 2.28. The predicted octanol–water partition coefficient (Wildman–Crippen LogP) is 2.24. The summed E-state index contributed by atoms with van der Waals surface area (Å²) < 4.78 is 0. The first kappa shape index (κ1) is 12.3. The van der Waals surface area contributed by atoms with Crippen molar-refractivity contribution in [1.29, 1.82) is 0 Å². The molecular weight excluding hydrogens is 262 g/mol. The van der Waals surface area contributed by atoms with Crippen LogP contribution >= 0.6 is 0 Å². The average molecular weight is 277 g/mol. The van der Waals surface area contributed by atoms with Crippen molar-refractivity contribution < 1.29 is 0 Å². The lowest BCUT2D eigenvalue weighted by Gasteiger charge is -2.18. The van der Waals surface area contributed by atoms with E-state index >= 15 is 0 Å². The van der Waals surface area contributed by atoms with Crippen LogP contribution in [0.2, 0.25) is 0 Å². The molecule has 0 amide bonds. The molecule has 1 aromatic carbocycles. The van der Waals surface area contributed by atoms with Gasteiger partial charge in [0.2, 0.25) is 5.56 Å². The van der Waals surface area contributed by atoms with Crippen molar-refractivity contribution in [1.82, 2.24) is 15.3 Å². The van der Waals surface area contributed by atoms with Crippen LogP contribution in [0.1, 0.15) is 11.1 Å². The number of hydrogen-bond donors (Lipinski definition) is 2. The third-order valence-electron chi connectivity index (χ3n) is 4.04. The van der Waals surface area contributed by atoms with Crippen LogP contribution in [0.3, 0.4) is 0 Å². The molecule has 104 valence electrons. The minimum atomic E-state index is -0.123. The van der Waals surface area contributed by atoms with Gasteiger partial charge in [-0.25, -0.2) is 4.98 Å². The van der Waals surface area contributed by atoms with E-state index in [1.807, 2.05) is 12.1 Å². The Bertz CT molecular complexity index is 883. The number of nitrogens with one attached hydrogen (secondary N) is 2. The van der Waals surface area contributed by atoms with Crippen LogP contribution < -0.4 is 10.9 Å². The second kappa shape index (κ2) is 4.82. The molecule has 21 heavy (non-hydrogen) atoms. The number of aromatic amines is 1. The predicted molar refractivity (Wildman–Crippen MR) is 83.2 cm³/mol. The average Bonchev–Trinajstić information content (AvgIpc) is 2.53. The SMILES string of the molecule is O=c1ccc2c(-c3ccc4c(c3)CNCC4)ccnc2[nH]1. The smallest absolute Gasteiger partial charge is 0.249 e. The molecular formula is C17H15N3O. The number of pyridine rings is 2. The van der Waals surface area contributed by atoms with Crippen LogP contribution in [-0.4, -0.2) is 16.5 Å². The number of fused-ring (bicyclic) bond motifs is 2. The molecule has 0 radical (unpaired) electrons. The van der Waals surface area contributed by atoms with Crippen LogP contribution in [0.15, 0.2) is 47.4 Å². The van der Waals surface area contributed by atoms with E-state index in [-0.39, 0.29) is 5.56 Å². The summed E-state index contributed by atoms with van der Waals surface area (Å²) in [6.45, 7) is 1.97. The van der Waals surface area contributed by atoms with Gasteiger partial charge in [-0.15, -0.1) is 0 Å². The molecule has 0 fully saturated rings. The van der Waals surface area contributed by atoms with E-state index < -0.39 is 0 Å². The molecule has 2 N–H and O–H groups in total. The molecule has 3 aromatic rings. The van der Waals surface area contributed by atoms with Gasteiger partial charge in [0.15, 0.2) is 0 Å². The molecule has 4 rings (SSSR count). The Morgan fingerprint density at radius 1 is 1.05 bits per heavy atom. The zero-order valence-electron chi connectivity index (χ0n) is 11.5. The van der Waals surface area contributed by atoms with Gasteiger partial charge >= 0.3 is 0 Å². The Hall–Kier alpha value is -2.46. The van der Waals surface area contributed by atoms with Gasteiger partial charge in [-0.2, -0.15) is 0 Å². The van der Waals surface area contributed by atoms with E-state index in [1.54, 1.807) is 12.3 Å². The molecule has 0 atom stereocenters. The molecule has 0 bridgehead atoms. The molecule has 1 aliphatic heterocycles. The number of aromatic nitrogens is 2. The van der Waals surface area contributed by atoms with Crippen molar-refractivity contribution in [3.05, 3.63) is 64.1 Å². The largest absolute Gasteiger partial charge is 0.312 e. The van der Waals surface area contributed by atoms with Gasteiger partial charge in [0.05, 0.1) is 0 Å². The molecule has 0 spiro atoms. The maximum absolute atomic E-state index is 11.4. The monoisotopic (exact) mass is 277 g/mol. The van der Waals surface area contributed by atoms with Crippen LogP contribution in [0.5, 0.6) is 0 Å². The fraction of sp³-hybridized carbons (Fsp3) is 0.176. The molecule has 4 heteroatoms. The van der Waals surface area contributed by atoms with E-state index in [4.69, 9.17) is 0 Å². The molecule has 0 aliphatic carbocycles. The van der Waals surface area contributed by atoms with E-state index in [0.29, 0.717) is 5.65 Å². The zero-order valence-corrected chi connectivity index (χ0v) is 11.5. The summed E-state index contributed by atoms with van der Waals surface area (Å²) in [5.41, 5.74) is 5.55. The molecule has 2 aromatic heterocycles. The van der Waals surface area contributed by atoms with Crippen molar-refractivity contribution in [3.63, 3.8) is 0 Å². The summed E-state index contributed by atoms with van der Waals surface area (Å²) in [6, 6.07) is 12.0. The lowest BCUT2D eigenvalue weighted by Crippen LogP contribution is -2.23. The van der Waals surface area contributed by atoms with Gasteiger partial charge in [0, 0.05) is 24.2 Å². The first-order valence-corrected chi connectivity index (χ1v) is 7.12. The molecule has 0 saturated carbocycles. The highest BCUT2D eigenvalue weighted by molar-refractivity contribution is 5.92. The van der Waals surface area contributed by atoms with Crippen LogP contribution in [0.25, 0.3) is 22.2 Å². The summed E-state index contributed by atoms with van der Waals surface area (Å²) in [4.78, 5) is 18.4. The van der Waals surface area contributed by atoms with Gasteiger partial charge in [0.1, 0.15) is 5.65 Å². The van der Waals surface area contributed by atoms with E-state index in [2.05, 4.69) is 33.5 Å². The standard InChI is InChI=1S/C17H15N3O/c21-16-4-3-15-14(6-8-19-17(15)20-16)12-2-1-11-5-7-18-10-13(11)9-12/h1-4,6,8-9,18H,5,7,10H2,(H,19,20,21). The zero-order chi connectivity index (χ0) is 14.2. The Kier molecular flexibility index (Phi) is 2.82. The summed E-state index contributed by atoms with van der Waals surface area (Å²) in [5.74, 6) is 0. The quantitative estimate of drug-likeness (QED) is 0.717. The Balaban J connectivity index is 1.92. The third kappa shape index (κ3) is 2.14. The minimum Gasteiger partial charge on any atom is -0.312 e. The molecule has 0 unspecified atom stereocenters. The number of nitrogens with zero attached hydrogens (tertiary/aromatic N) is 1. The number of hydrogen-bond acceptors (Lipinski definition) is 3. The molecule has 0 saturated heterocycles. The van der Waals surface area contributed by atoms with Crippen LogP contribution in [-0.2, 0) is 13.0 Å². The van der Waals surface area contributed by atoms with E-state index in [0.717, 1.165) is 36.0 Å². The Labute approximate surface area is 121 Å². The van der Waals surface area contributed by atoms with Crippen molar-refractivity contribution in [2.24, 2.45) is 0 Å². The van der Waals surface area contributed by atoms with Gasteiger partial charge in [-0.05, 0) is 53.4 Å². The fourth-order valence-electron chi connectivity index (χ4n) is 2.96. The lowest BCUT2D eigenvalue weighted by molar-refractivity contribution is 0.644. The summed E-state index contributed by atoms with van der Waals surface area (Å²) in [6.07, 6.45) is 2.82. The van der Waals surface area contributed by atoms with Crippen molar-refractivity contribution in [2.45, 2.75) is 13.0 Å². The Morgan fingerprint density at radius 2 is 2.00 bits per heavy atom. The molecule has 4 nitrogen and oxygen atoms in total. The minimum absolute atomic E-state index is 0.123. The maximum Gasteiger partial charge on any atom is 0.249 e. The topological polar surface area (TPSA) is 57.8 Å².